The summed E-state index contributed by atoms with van der Waals surface area (Å²) >= 11 is 1.91. The molecule has 0 amide bonds. The standard InChI is InChI=1S/C62H38S/c1-6-18-39(19-7-1)44-32-37-54-53(38-44)50-30-17-29-49(62(50)63-54)47-35-36-52-57-48(47)28-16-31-51(57)60-55(42-24-12-4-13-25-42)58-45(40-20-8-2-9-21-40)33-34-46(41-22-10-3-11-23-41)59(58)56(61(52)60)43-26-14-5-15-27-43/h1-38H. The Morgan fingerprint density at radius 2 is 0.667 bits per heavy atom. The fourth-order valence-electron chi connectivity index (χ4n) is 10.5. The molecule has 1 heteroatoms. The van der Waals surface area contributed by atoms with E-state index in [9.17, 15) is 0 Å². The smallest absolute Gasteiger partial charge is 0.0434 e. The highest BCUT2D eigenvalue weighted by atomic mass is 32.1. The Kier molecular flexibility index (Phi) is 8.19. The first kappa shape index (κ1) is 35.9. The zero-order valence-electron chi connectivity index (χ0n) is 34.3. The Hall–Kier alpha value is -7.84. The first-order valence-electron chi connectivity index (χ1n) is 21.8. The van der Waals surface area contributed by atoms with E-state index in [2.05, 4.69) is 231 Å². The average molecular weight is 815 g/mol. The molecule has 63 heavy (non-hydrogen) atoms. The van der Waals surface area contributed by atoms with E-state index in [0.717, 1.165) is 0 Å². The molecule has 1 aromatic heterocycles. The van der Waals surface area contributed by atoms with Crippen LogP contribution < -0.4 is 0 Å². The molecular formula is C62H38S. The first-order chi connectivity index (χ1) is 31.3. The van der Waals surface area contributed by atoms with Crippen molar-refractivity contribution < 1.29 is 0 Å². The van der Waals surface area contributed by atoms with Crippen LogP contribution in [0.1, 0.15) is 0 Å². The molecule has 0 radical (unpaired) electrons. The largest absolute Gasteiger partial charge is 0.135 e. The molecule has 13 rings (SSSR count). The molecule has 0 saturated heterocycles. The molecule has 0 atom stereocenters. The minimum Gasteiger partial charge on any atom is -0.135 e. The van der Waals surface area contributed by atoms with Crippen LogP contribution in [0.4, 0.5) is 0 Å². The van der Waals surface area contributed by atoms with E-state index >= 15 is 0 Å². The summed E-state index contributed by atoms with van der Waals surface area (Å²) in [5, 5.41) is 7.78. The molecule has 1 aliphatic rings. The zero-order chi connectivity index (χ0) is 41.4. The summed E-state index contributed by atoms with van der Waals surface area (Å²) in [6.07, 6.45) is 0. The zero-order valence-corrected chi connectivity index (χ0v) is 35.2. The number of rotatable bonds is 6. The summed E-state index contributed by atoms with van der Waals surface area (Å²) < 4.78 is 2.64. The van der Waals surface area contributed by atoms with Gasteiger partial charge in [-0.1, -0.05) is 218 Å². The van der Waals surface area contributed by atoms with Crippen LogP contribution in [0, 0.1) is 0 Å². The number of hydrogen-bond acceptors (Lipinski definition) is 1. The van der Waals surface area contributed by atoms with Gasteiger partial charge in [0, 0.05) is 25.7 Å². The molecule has 0 N–H and O–H groups in total. The Labute approximate surface area is 370 Å². The predicted octanol–water partition coefficient (Wildman–Crippen LogP) is 18.0. The molecule has 0 aliphatic heterocycles. The lowest BCUT2D eigenvalue weighted by Gasteiger charge is -2.25. The molecule has 0 fully saturated rings. The summed E-state index contributed by atoms with van der Waals surface area (Å²) in [4.78, 5) is 0. The fraction of sp³-hybridized carbons (Fsp3) is 0. The van der Waals surface area contributed by atoms with Crippen molar-refractivity contribution in [3.05, 3.63) is 231 Å². The van der Waals surface area contributed by atoms with Gasteiger partial charge in [-0.25, -0.2) is 0 Å². The minimum atomic E-state index is 1.21. The van der Waals surface area contributed by atoms with Crippen LogP contribution in [0.3, 0.4) is 0 Å². The molecule has 0 nitrogen and oxygen atoms in total. The van der Waals surface area contributed by atoms with Crippen LogP contribution in [0.5, 0.6) is 0 Å². The SMILES string of the molecule is c1ccc(-c2ccc3sc4c(-c5ccc6c7c(cccc57)-c5c-6c(-c6ccccc6)c6c(-c7ccccc7)ccc(-c7ccccc7)c6c5-c5ccccc5)cccc4c3c2)cc1. The van der Waals surface area contributed by atoms with Crippen LogP contribution in [0.2, 0.25) is 0 Å². The van der Waals surface area contributed by atoms with Gasteiger partial charge in [-0.05, 0) is 117 Å². The van der Waals surface area contributed by atoms with Gasteiger partial charge in [-0.15, -0.1) is 11.3 Å². The fourth-order valence-corrected chi connectivity index (χ4v) is 11.8. The van der Waals surface area contributed by atoms with E-state index in [1.54, 1.807) is 0 Å². The van der Waals surface area contributed by atoms with Crippen molar-refractivity contribution in [3.63, 3.8) is 0 Å². The topological polar surface area (TPSA) is 0 Å². The van der Waals surface area contributed by atoms with Crippen molar-refractivity contribution in [3.8, 4) is 89.0 Å². The van der Waals surface area contributed by atoms with Crippen LogP contribution in [0.15, 0.2) is 231 Å². The van der Waals surface area contributed by atoms with Crippen molar-refractivity contribution in [2.45, 2.75) is 0 Å². The van der Waals surface area contributed by atoms with Gasteiger partial charge in [0.05, 0.1) is 0 Å². The van der Waals surface area contributed by atoms with Gasteiger partial charge in [0.25, 0.3) is 0 Å². The van der Waals surface area contributed by atoms with E-state index < -0.39 is 0 Å². The molecular weight excluding hydrogens is 777 g/mol. The van der Waals surface area contributed by atoms with Gasteiger partial charge >= 0.3 is 0 Å². The second-order valence-electron chi connectivity index (χ2n) is 16.6. The van der Waals surface area contributed by atoms with Crippen molar-refractivity contribution in [2.24, 2.45) is 0 Å². The molecule has 0 unspecified atom stereocenters. The number of benzene rings is 11. The Balaban J connectivity index is 1.16. The molecule has 1 heterocycles. The van der Waals surface area contributed by atoms with Gasteiger partial charge in [0.1, 0.15) is 0 Å². The third kappa shape index (κ3) is 5.54. The van der Waals surface area contributed by atoms with Crippen molar-refractivity contribution >= 4 is 53.1 Å². The highest BCUT2D eigenvalue weighted by Crippen LogP contribution is 2.61. The Morgan fingerprint density at radius 3 is 1.22 bits per heavy atom. The summed E-state index contributed by atoms with van der Waals surface area (Å²) in [5.74, 6) is 0. The van der Waals surface area contributed by atoms with Crippen LogP contribution in [-0.2, 0) is 0 Å². The van der Waals surface area contributed by atoms with E-state index in [0.29, 0.717) is 0 Å². The van der Waals surface area contributed by atoms with E-state index in [1.165, 1.54) is 131 Å². The maximum atomic E-state index is 2.43. The highest BCUT2D eigenvalue weighted by molar-refractivity contribution is 7.26. The maximum Gasteiger partial charge on any atom is 0.0434 e. The molecule has 0 spiro atoms. The quantitative estimate of drug-likeness (QED) is 0.157. The van der Waals surface area contributed by atoms with Crippen molar-refractivity contribution in [1.29, 1.82) is 0 Å². The second-order valence-corrected chi connectivity index (χ2v) is 17.7. The highest BCUT2D eigenvalue weighted by Gasteiger charge is 2.33. The van der Waals surface area contributed by atoms with Gasteiger partial charge in [-0.2, -0.15) is 0 Å². The third-order valence-corrected chi connectivity index (χ3v) is 14.4. The lowest BCUT2D eigenvalue weighted by atomic mass is 9.78. The number of hydrogen-bond donors (Lipinski definition) is 0. The predicted molar refractivity (Wildman–Crippen MR) is 271 cm³/mol. The second kappa shape index (κ2) is 14.4. The molecule has 11 aromatic carbocycles. The van der Waals surface area contributed by atoms with Gasteiger partial charge < -0.3 is 0 Å². The van der Waals surface area contributed by atoms with Gasteiger partial charge in [-0.3, -0.25) is 0 Å². The summed E-state index contributed by atoms with van der Waals surface area (Å²) in [7, 11) is 0. The van der Waals surface area contributed by atoms with E-state index in [1.807, 2.05) is 11.3 Å². The van der Waals surface area contributed by atoms with Gasteiger partial charge in [0.2, 0.25) is 0 Å². The van der Waals surface area contributed by atoms with Crippen LogP contribution in [-0.4, -0.2) is 0 Å². The third-order valence-electron chi connectivity index (χ3n) is 13.2. The van der Waals surface area contributed by atoms with Crippen LogP contribution >= 0.6 is 11.3 Å². The van der Waals surface area contributed by atoms with Crippen molar-refractivity contribution in [2.75, 3.05) is 0 Å². The summed E-state index contributed by atoms with van der Waals surface area (Å²) in [6, 6.07) is 85.4. The lowest BCUT2D eigenvalue weighted by Crippen LogP contribution is -1.97. The van der Waals surface area contributed by atoms with Gasteiger partial charge in [0.15, 0.2) is 0 Å². The van der Waals surface area contributed by atoms with Crippen LogP contribution in [0.25, 0.3) is 131 Å². The molecule has 12 aromatic rings. The normalized spacial score (nSPS) is 11.8. The summed E-state index contributed by atoms with van der Waals surface area (Å²) in [6.45, 7) is 0. The Bertz CT molecular complexity index is 3600. The maximum absolute atomic E-state index is 2.43. The minimum absolute atomic E-state index is 1.21. The average Bonchev–Trinajstić information content (AvgIpc) is 3.91. The molecule has 0 bridgehead atoms. The van der Waals surface area contributed by atoms with Crippen molar-refractivity contribution in [1.82, 2.24) is 0 Å². The molecule has 0 saturated carbocycles. The molecule has 292 valence electrons. The molecule has 1 aliphatic carbocycles. The number of fused-ring (bicyclic) bond motifs is 7. The van der Waals surface area contributed by atoms with E-state index in [4.69, 9.17) is 0 Å². The Morgan fingerprint density at radius 1 is 0.222 bits per heavy atom. The lowest BCUT2D eigenvalue weighted by molar-refractivity contribution is 1.59. The summed E-state index contributed by atoms with van der Waals surface area (Å²) in [5.41, 5.74) is 20.1. The van der Waals surface area contributed by atoms with E-state index in [-0.39, 0.29) is 0 Å². The number of thiophene rings is 1. The first-order valence-corrected chi connectivity index (χ1v) is 22.6. The monoisotopic (exact) mass is 814 g/mol.